The van der Waals surface area contributed by atoms with Gasteiger partial charge in [0, 0.05) is 42.5 Å². The summed E-state index contributed by atoms with van der Waals surface area (Å²) in [5.41, 5.74) is 3.64. The Labute approximate surface area is 261 Å². The first kappa shape index (κ1) is 30.3. The van der Waals surface area contributed by atoms with Crippen LogP contribution in [0.25, 0.3) is 11.1 Å². The number of rotatable bonds is 7. The summed E-state index contributed by atoms with van der Waals surface area (Å²) in [6.45, 7) is 2.70. The Morgan fingerprint density at radius 3 is 2.48 bits per heavy atom. The van der Waals surface area contributed by atoms with Crippen LogP contribution in [0, 0.1) is 18.7 Å². The van der Waals surface area contributed by atoms with Crippen LogP contribution in [-0.2, 0) is 16.6 Å². The first-order valence-electron chi connectivity index (χ1n) is 14.8. The number of fused-ring (bicyclic) bond motifs is 1. The largest absolute Gasteiger partial charge is 0.488 e. The molecule has 1 aliphatic heterocycles. The summed E-state index contributed by atoms with van der Waals surface area (Å²) in [4.78, 5) is 14.0. The zero-order valence-corrected chi connectivity index (χ0v) is 26.3. The highest BCUT2D eigenvalue weighted by molar-refractivity contribution is 7.89. The zero-order valence-electron chi connectivity index (χ0n) is 24.7. The van der Waals surface area contributed by atoms with Crippen molar-refractivity contribution in [1.82, 2.24) is 4.31 Å². The number of aromatic carboxylic acids is 1. The van der Waals surface area contributed by atoms with Crippen molar-refractivity contribution in [2.24, 2.45) is 5.92 Å². The van der Waals surface area contributed by atoms with E-state index in [1.807, 2.05) is 48.0 Å². The van der Waals surface area contributed by atoms with Gasteiger partial charge >= 0.3 is 5.97 Å². The standard InChI is InChI=1S/C34H35FN2O5S2/c1-22-20-43-21-25(22)19-42-32-17-30-33(16-27(32)24-13-14-29(35)28(15-24)34(38)39)44(40,41)36(2)31(23-9-5-3-6-10-23)18-37(30)26-11-7-4-8-12-26/h4,7-8,11-17,20-21,23,31H,3,5-6,9-10,18-19H2,1-2H3,(H,38,39)/t31-/m0/s1. The van der Waals surface area contributed by atoms with E-state index in [4.69, 9.17) is 4.74 Å². The maximum Gasteiger partial charge on any atom is 0.338 e. The molecule has 6 rings (SSSR count). The van der Waals surface area contributed by atoms with Crippen molar-refractivity contribution in [1.29, 1.82) is 0 Å². The molecule has 1 aromatic heterocycles. The number of halogens is 1. The number of carboxylic acids is 1. The van der Waals surface area contributed by atoms with E-state index in [9.17, 15) is 22.7 Å². The molecule has 0 spiro atoms. The van der Waals surface area contributed by atoms with Gasteiger partial charge in [0.2, 0.25) is 10.0 Å². The summed E-state index contributed by atoms with van der Waals surface area (Å²) in [6, 6.07) is 16.6. The third-order valence-corrected chi connectivity index (χ3v) is 11.8. The molecule has 0 amide bonds. The fraction of sp³-hybridized carbons (Fsp3) is 0.324. The van der Waals surface area contributed by atoms with Crippen LogP contribution >= 0.6 is 11.3 Å². The highest BCUT2D eigenvalue weighted by Crippen LogP contribution is 2.46. The molecule has 2 heterocycles. The number of nitrogens with zero attached hydrogens (tertiary/aromatic N) is 2. The maximum absolute atomic E-state index is 14.5. The Bertz CT molecular complexity index is 1780. The molecular weight excluding hydrogens is 600 g/mol. The number of anilines is 2. The number of sulfonamides is 1. The average Bonchev–Trinajstić information content (AvgIpc) is 3.42. The van der Waals surface area contributed by atoms with E-state index in [0.29, 0.717) is 29.1 Å². The van der Waals surface area contributed by atoms with Crippen molar-refractivity contribution < 1.29 is 27.4 Å². The number of carbonyl (C=O) groups is 1. The zero-order chi connectivity index (χ0) is 31.0. The van der Waals surface area contributed by atoms with Gasteiger partial charge in [0.05, 0.1) is 11.3 Å². The van der Waals surface area contributed by atoms with Crippen molar-refractivity contribution in [3.05, 3.63) is 93.9 Å². The van der Waals surface area contributed by atoms with E-state index in [0.717, 1.165) is 55.0 Å². The van der Waals surface area contributed by atoms with Crippen LogP contribution in [0.2, 0.25) is 0 Å². The Morgan fingerprint density at radius 1 is 1.05 bits per heavy atom. The SMILES string of the molecule is Cc1cscc1COc1cc2c(cc1-c1ccc(F)c(C(=O)O)c1)S(=O)(=O)N(C)[C@H](C1CCCCC1)CN2c1ccccc1. The lowest BCUT2D eigenvalue weighted by molar-refractivity contribution is 0.0692. The summed E-state index contributed by atoms with van der Waals surface area (Å²) in [5, 5.41) is 13.7. The molecule has 1 fully saturated rings. The highest BCUT2D eigenvalue weighted by Gasteiger charge is 2.41. The maximum atomic E-state index is 14.5. The van der Waals surface area contributed by atoms with E-state index in [2.05, 4.69) is 4.90 Å². The number of aryl methyl sites for hydroxylation is 1. The normalized spacial score (nSPS) is 18.9. The van der Waals surface area contributed by atoms with Crippen molar-refractivity contribution in [3.63, 3.8) is 0 Å². The van der Waals surface area contributed by atoms with Crippen LogP contribution in [0.4, 0.5) is 15.8 Å². The van der Waals surface area contributed by atoms with Crippen LogP contribution in [0.3, 0.4) is 0 Å². The molecule has 7 nitrogen and oxygen atoms in total. The van der Waals surface area contributed by atoms with Crippen LogP contribution in [0.1, 0.15) is 53.6 Å². The molecule has 0 saturated heterocycles. The van der Waals surface area contributed by atoms with Crippen molar-refractivity contribution in [2.75, 3.05) is 18.5 Å². The van der Waals surface area contributed by atoms with Gasteiger partial charge in [-0.2, -0.15) is 15.6 Å². The Balaban J connectivity index is 1.57. The van der Waals surface area contributed by atoms with Gasteiger partial charge in [0.1, 0.15) is 23.1 Å². The summed E-state index contributed by atoms with van der Waals surface area (Å²) >= 11 is 1.57. The molecule has 0 unspecified atom stereocenters. The minimum atomic E-state index is -4.00. The van der Waals surface area contributed by atoms with Gasteiger partial charge in [-0.25, -0.2) is 17.6 Å². The number of para-hydroxylation sites is 1. The molecule has 10 heteroatoms. The summed E-state index contributed by atoms with van der Waals surface area (Å²) < 4.78 is 51.3. The number of benzene rings is 3. The fourth-order valence-electron chi connectivity index (χ4n) is 6.41. The second-order valence-electron chi connectivity index (χ2n) is 11.6. The lowest BCUT2D eigenvalue weighted by atomic mass is 9.83. The fourth-order valence-corrected chi connectivity index (χ4v) is 8.86. The molecule has 230 valence electrons. The van der Waals surface area contributed by atoms with Gasteiger partial charge < -0.3 is 14.7 Å². The number of ether oxygens (including phenoxy) is 1. The van der Waals surface area contributed by atoms with E-state index < -0.39 is 27.4 Å². The predicted octanol–water partition coefficient (Wildman–Crippen LogP) is 7.86. The van der Waals surface area contributed by atoms with Gasteiger partial charge in [-0.15, -0.1) is 0 Å². The second-order valence-corrected chi connectivity index (χ2v) is 14.3. The minimum Gasteiger partial charge on any atom is -0.488 e. The van der Waals surface area contributed by atoms with Crippen molar-refractivity contribution >= 4 is 38.7 Å². The molecule has 4 aromatic rings. The van der Waals surface area contributed by atoms with Crippen molar-refractivity contribution in [3.8, 4) is 16.9 Å². The topological polar surface area (TPSA) is 87.1 Å². The first-order chi connectivity index (χ1) is 21.1. The summed E-state index contributed by atoms with van der Waals surface area (Å²) in [5.74, 6) is -1.68. The van der Waals surface area contributed by atoms with Gasteiger partial charge in [-0.1, -0.05) is 43.5 Å². The van der Waals surface area contributed by atoms with E-state index in [1.165, 1.54) is 16.4 Å². The number of hydrogen-bond acceptors (Lipinski definition) is 6. The average molecular weight is 635 g/mol. The van der Waals surface area contributed by atoms with Gasteiger partial charge in [0.15, 0.2) is 0 Å². The number of carboxylic acid groups (broad SMARTS) is 1. The van der Waals surface area contributed by atoms with E-state index >= 15 is 0 Å². The van der Waals surface area contributed by atoms with Crippen LogP contribution in [0.5, 0.6) is 5.75 Å². The van der Waals surface area contributed by atoms with Crippen LogP contribution < -0.4 is 9.64 Å². The molecule has 1 N–H and O–H groups in total. The highest BCUT2D eigenvalue weighted by atomic mass is 32.2. The minimum absolute atomic E-state index is 0.0948. The molecule has 2 aliphatic rings. The molecule has 0 bridgehead atoms. The monoisotopic (exact) mass is 634 g/mol. The quantitative estimate of drug-likeness (QED) is 0.223. The first-order valence-corrected chi connectivity index (χ1v) is 17.2. The molecule has 44 heavy (non-hydrogen) atoms. The Hall–Kier alpha value is -3.73. The van der Waals surface area contributed by atoms with E-state index in [-0.39, 0.29) is 23.5 Å². The van der Waals surface area contributed by atoms with Gasteiger partial charge in [0.25, 0.3) is 0 Å². The number of hydrogen-bond donors (Lipinski definition) is 1. The number of likely N-dealkylation sites (N-methyl/N-ethyl adjacent to an activating group) is 1. The molecular formula is C34H35FN2O5S2. The predicted molar refractivity (Wildman–Crippen MR) is 171 cm³/mol. The lowest BCUT2D eigenvalue weighted by Gasteiger charge is -2.36. The molecule has 0 radical (unpaired) electrons. The van der Waals surface area contributed by atoms with Gasteiger partial charge in [-0.3, -0.25) is 0 Å². The number of thiophene rings is 1. The van der Waals surface area contributed by atoms with Crippen molar-refractivity contribution in [2.45, 2.75) is 56.6 Å². The van der Waals surface area contributed by atoms with E-state index in [1.54, 1.807) is 30.5 Å². The lowest BCUT2D eigenvalue weighted by Crippen LogP contribution is -2.46. The Kier molecular flexibility index (Phi) is 8.50. The second kappa shape index (κ2) is 12.3. The Morgan fingerprint density at radius 2 is 1.80 bits per heavy atom. The van der Waals surface area contributed by atoms with Crippen LogP contribution in [0.15, 0.2) is 76.3 Å². The third kappa shape index (κ3) is 5.74. The molecule has 1 saturated carbocycles. The van der Waals surface area contributed by atoms with Gasteiger partial charge in [-0.05, 0) is 77.9 Å². The summed E-state index contributed by atoms with van der Waals surface area (Å²) in [7, 11) is -2.33. The molecule has 3 aromatic carbocycles. The summed E-state index contributed by atoms with van der Waals surface area (Å²) in [6.07, 6.45) is 5.25. The van der Waals surface area contributed by atoms with Crippen LogP contribution in [-0.4, -0.2) is 43.4 Å². The third-order valence-electron chi connectivity index (χ3n) is 8.96. The molecule has 1 atom stereocenters. The molecule has 1 aliphatic carbocycles. The smallest absolute Gasteiger partial charge is 0.338 e.